The van der Waals surface area contributed by atoms with Crippen molar-refractivity contribution in [3.8, 4) is 0 Å². The molecule has 0 spiro atoms. The number of piperidine rings is 1. The number of carbonyl (C=O) groups is 1. The standard InChI is InChI=1S/C18H24BrN5O/c1-13-8-15(19)9-20-17(13)24-6-4-14(5-7-24)10-23(3)18(25)16-11-22(2)12-21-16/h8-9,11-12,14H,4-7,10H2,1-3H3. The number of imidazole rings is 1. The Bertz CT molecular complexity index is 752. The third-order valence-electron chi connectivity index (χ3n) is 4.73. The second kappa shape index (κ2) is 7.56. The molecule has 1 aliphatic heterocycles. The van der Waals surface area contributed by atoms with E-state index in [2.05, 4.69) is 43.8 Å². The molecule has 0 saturated carbocycles. The molecule has 0 atom stereocenters. The first-order chi connectivity index (χ1) is 11.9. The van der Waals surface area contributed by atoms with Gasteiger partial charge in [-0.1, -0.05) is 0 Å². The molecule has 0 N–H and O–H groups in total. The van der Waals surface area contributed by atoms with E-state index in [0.29, 0.717) is 11.6 Å². The SMILES string of the molecule is Cc1cc(Br)cnc1N1CCC(CN(C)C(=O)c2cn(C)cn2)CC1. The van der Waals surface area contributed by atoms with Crippen LogP contribution in [0.4, 0.5) is 5.82 Å². The average molecular weight is 406 g/mol. The largest absolute Gasteiger partial charge is 0.356 e. The molecular weight excluding hydrogens is 382 g/mol. The first kappa shape index (κ1) is 17.9. The molecule has 0 aromatic carbocycles. The molecule has 3 rings (SSSR count). The van der Waals surface area contributed by atoms with Gasteiger partial charge in [0.15, 0.2) is 0 Å². The number of anilines is 1. The minimum atomic E-state index is -0.00606. The van der Waals surface area contributed by atoms with Crippen LogP contribution in [0.2, 0.25) is 0 Å². The summed E-state index contributed by atoms with van der Waals surface area (Å²) in [4.78, 5) is 25.3. The second-order valence-corrected chi connectivity index (χ2v) is 7.75. The fraction of sp³-hybridized carbons (Fsp3) is 0.500. The van der Waals surface area contributed by atoms with E-state index >= 15 is 0 Å². The van der Waals surface area contributed by atoms with Crippen LogP contribution >= 0.6 is 15.9 Å². The number of amides is 1. The van der Waals surface area contributed by atoms with Crippen molar-refractivity contribution in [2.24, 2.45) is 13.0 Å². The zero-order valence-corrected chi connectivity index (χ0v) is 16.5. The Balaban J connectivity index is 1.54. The fourth-order valence-corrected chi connectivity index (χ4v) is 3.83. The number of aryl methyl sites for hydroxylation is 2. The molecular formula is C18H24BrN5O. The summed E-state index contributed by atoms with van der Waals surface area (Å²) in [6.07, 6.45) is 7.41. The molecule has 1 aliphatic rings. The molecule has 1 amide bonds. The van der Waals surface area contributed by atoms with E-state index in [1.807, 2.05) is 20.3 Å². The summed E-state index contributed by atoms with van der Waals surface area (Å²) in [6.45, 7) is 4.83. The molecule has 0 radical (unpaired) electrons. The van der Waals surface area contributed by atoms with Gasteiger partial charge in [0.05, 0.1) is 6.33 Å². The number of rotatable bonds is 4. The molecule has 1 fully saturated rings. The number of aromatic nitrogens is 3. The third kappa shape index (κ3) is 4.21. The number of carbonyl (C=O) groups excluding carboxylic acids is 1. The highest BCUT2D eigenvalue weighted by Crippen LogP contribution is 2.26. The Morgan fingerprint density at radius 2 is 2.08 bits per heavy atom. The Morgan fingerprint density at radius 1 is 1.36 bits per heavy atom. The minimum Gasteiger partial charge on any atom is -0.356 e. The normalized spacial score (nSPS) is 15.4. The van der Waals surface area contributed by atoms with Crippen LogP contribution in [0.3, 0.4) is 0 Å². The van der Waals surface area contributed by atoms with Crippen LogP contribution in [0.5, 0.6) is 0 Å². The van der Waals surface area contributed by atoms with Gasteiger partial charge in [0, 0.05) is 50.6 Å². The quantitative estimate of drug-likeness (QED) is 0.784. The third-order valence-corrected chi connectivity index (χ3v) is 5.17. The summed E-state index contributed by atoms with van der Waals surface area (Å²) >= 11 is 3.47. The topological polar surface area (TPSA) is 54.3 Å². The maximum Gasteiger partial charge on any atom is 0.273 e. The van der Waals surface area contributed by atoms with Crippen LogP contribution < -0.4 is 4.90 Å². The number of hydrogen-bond acceptors (Lipinski definition) is 4. The Kier molecular flexibility index (Phi) is 5.42. The van der Waals surface area contributed by atoms with Gasteiger partial charge in [-0.25, -0.2) is 9.97 Å². The van der Waals surface area contributed by atoms with Crippen LogP contribution in [0.1, 0.15) is 28.9 Å². The summed E-state index contributed by atoms with van der Waals surface area (Å²) < 4.78 is 2.81. The average Bonchev–Trinajstić information content (AvgIpc) is 3.01. The molecule has 0 bridgehead atoms. The lowest BCUT2D eigenvalue weighted by molar-refractivity contribution is 0.0759. The smallest absolute Gasteiger partial charge is 0.273 e. The van der Waals surface area contributed by atoms with Gasteiger partial charge in [-0.05, 0) is 53.2 Å². The van der Waals surface area contributed by atoms with Gasteiger partial charge in [0.25, 0.3) is 5.91 Å². The summed E-state index contributed by atoms with van der Waals surface area (Å²) in [5, 5.41) is 0. The maximum absolute atomic E-state index is 12.4. The zero-order chi connectivity index (χ0) is 18.0. The van der Waals surface area contributed by atoms with Crippen molar-refractivity contribution >= 4 is 27.7 Å². The van der Waals surface area contributed by atoms with Crippen molar-refractivity contribution in [3.63, 3.8) is 0 Å². The molecule has 1 saturated heterocycles. The van der Waals surface area contributed by atoms with E-state index in [0.717, 1.165) is 42.8 Å². The number of nitrogens with zero attached hydrogens (tertiary/aromatic N) is 5. The van der Waals surface area contributed by atoms with Crippen molar-refractivity contribution in [2.75, 3.05) is 31.6 Å². The van der Waals surface area contributed by atoms with Crippen molar-refractivity contribution in [3.05, 3.63) is 40.5 Å². The summed E-state index contributed by atoms with van der Waals surface area (Å²) in [7, 11) is 3.74. The number of hydrogen-bond donors (Lipinski definition) is 0. The molecule has 2 aromatic rings. The van der Waals surface area contributed by atoms with Crippen LogP contribution in [0.15, 0.2) is 29.3 Å². The van der Waals surface area contributed by atoms with Crippen LogP contribution in [-0.4, -0.2) is 52.0 Å². The zero-order valence-electron chi connectivity index (χ0n) is 14.9. The number of pyridine rings is 1. The van der Waals surface area contributed by atoms with Crippen molar-refractivity contribution in [2.45, 2.75) is 19.8 Å². The fourth-order valence-electron chi connectivity index (χ4n) is 3.38. The van der Waals surface area contributed by atoms with Crippen molar-refractivity contribution in [1.82, 2.24) is 19.4 Å². The van der Waals surface area contributed by atoms with E-state index in [4.69, 9.17) is 0 Å². The molecule has 2 aromatic heterocycles. The van der Waals surface area contributed by atoms with Gasteiger partial charge in [-0.3, -0.25) is 4.79 Å². The second-order valence-electron chi connectivity index (χ2n) is 6.83. The van der Waals surface area contributed by atoms with Crippen LogP contribution in [0.25, 0.3) is 0 Å². The van der Waals surface area contributed by atoms with Crippen molar-refractivity contribution < 1.29 is 4.79 Å². The van der Waals surface area contributed by atoms with Crippen molar-refractivity contribution in [1.29, 1.82) is 0 Å². The summed E-state index contributed by atoms with van der Waals surface area (Å²) in [6, 6.07) is 2.10. The Morgan fingerprint density at radius 3 is 2.68 bits per heavy atom. The Hall–Kier alpha value is -1.89. The molecule has 3 heterocycles. The van der Waals surface area contributed by atoms with Crippen LogP contribution in [0, 0.1) is 12.8 Å². The lowest BCUT2D eigenvalue weighted by Crippen LogP contribution is -2.40. The van der Waals surface area contributed by atoms with Gasteiger partial charge < -0.3 is 14.4 Å². The van der Waals surface area contributed by atoms with Crippen LogP contribution in [-0.2, 0) is 7.05 Å². The lowest BCUT2D eigenvalue weighted by atomic mass is 9.96. The molecule has 7 heteroatoms. The maximum atomic E-state index is 12.4. The summed E-state index contributed by atoms with van der Waals surface area (Å²) in [5.74, 6) is 1.58. The molecule has 0 unspecified atom stereocenters. The van der Waals surface area contributed by atoms with Gasteiger partial charge in [0.1, 0.15) is 11.5 Å². The molecule has 134 valence electrons. The highest BCUT2D eigenvalue weighted by Gasteiger charge is 2.24. The lowest BCUT2D eigenvalue weighted by Gasteiger charge is -2.35. The van der Waals surface area contributed by atoms with E-state index in [1.165, 1.54) is 5.56 Å². The van der Waals surface area contributed by atoms with Gasteiger partial charge >= 0.3 is 0 Å². The van der Waals surface area contributed by atoms with E-state index in [1.54, 1.807) is 22.0 Å². The number of halogens is 1. The van der Waals surface area contributed by atoms with Gasteiger partial charge in [-0.15, -0.1) is 0 Å². The van der Waals surface area contributed by atoms with Gasteiger partial charge in [0.2, 0.25) is 0 Å². The minimum absolute atomic E-state index is 0.00606. The highest BCUT2D eigenvalue weighted by molar-refractivity contribution is 9.10. The summed E-state index contributed by atoms with van der Waals surface area (Å²) in [5.41, 5.74) is 1.70. The van der Waals surface area contributed by atoms with E-state index in [-0.39, 0.29) is 5.91 Å². The van der Waals surface area contributed by atoms with E-state index in [9.17, 15) is 4.79 Å². The van der Waals surface area contributed by atoms with Gasteiger partial charge in [-0.2, -0.15) is 0 Å². The molecule has 6 nitrogen and oxygen atoms in total. The predicted molar refractivity (Wildman–Crippen MR) is 102 cm³/mol. The first-order valence-corrected chi connectivity index (χ1v) is 9.34. The van der Waals surface area contributed by atoms with E-state index < -0.39 is 0 Å². The molecule has 25 heavy (non-hydrogen) atoms. The highest BCUT2D eigenvalue weighted by atomic mass is 79.9. The predicted octanol–water partition coefficient (Wildman–Crippen LogP) is 2.87. The Labute approximate surface area is 157 Å². The monoisotopic (exact) mass is 405 g/mol. The molecule has 0 aliphatic carbocycles. The first-order valence-electron chi connectivity index (χ1n) is 8.54.